The molecule has 4 rings (SSSR count). The molecule has 0 aliphatic heterocycles. The quantitative estimate of drug-likeness (QED) is 0.273. The molecule has 2 N–H and O–H groups in total. The van der Waals surface area contributed by atoms with E-state index in [-0.39, 0.29) is 11.3 Å². The minimum absolute atomic E-state index is 0.0107. The van der Waals surface area contributed by atoms with Crippen LogP contribution in [0.15, 0.2) is 91.1 Å². The summed E-state index contributed by atoms with van der Waals surface area (Å²) in [5, 5.41) is 12.5. The molecule has 1 aromatic heterocycles. The van der Waals surface area contributed by atoms with Gasteiger partial charge in [-0.3, -0.25) is 9.78 Å². The highest BCUT2D eigenvalue weighted by Gasteiger charge is 2.19. The molecule has 1 amide bonds. The number of carboxylic acids is 1. The Morgan fingerprint density at radius 3 is 2.31 bits per heavy atom. The highest BCUT2D eigenvalue weighted by Crippen LogP contribution is 2.30. The van der Waals surface area contributed by atoms with E-state index in [0.29, 0.717) is 17.9 Å². The Morgan fingerprint density at radius 2 is 1.60 bits per heavy atom. The van der Waals surface area contributed by atoms with E-state index >= 15 is 0 Å². The van der Waals surface area contributed by atoms with Gasteiger partial charge in [0.25, 0.3) is 5.91 Å². The number of hydrogen-bond acceptors (Lipinski definition) is 4. The van der Waals surface area contributed by atoms with Gasteiger partial charge in [0.05, 0.1) is 29.1 Å². The summed E-state index contributed by atoms with van der Waals surface area (Å²) in [6.45, 7) is 2.53. The number of ether oxygens (including phenoxy) is 1. The standard InChI is InChI=1S/C29H26N2O4/c1-2-3-17-35-27-19-22(25-11-7-8-16-30-25)13-15-24(27)28(32)31-26-18-21(12-14-23(26)29(33)34)20-9-5-4-6-10-20/h4-16,18-19H,2-3,17H2,1H3,(H,31,32)(H,33,34). The summed E-state index contributed by atoms with van der Waals surface area (Å²) in [4.78, 5) is 29.6. The van der Waals surface area contributed by atoms with Gasteiger partial charge in [-0.15, -0.1) is 0 Å². The highest BCUT2D eigenvalue weighted by molar-refractivity contribution is 6.09. The van der Waals surface area contributed by atoms with Gasteiger partial charge in [-0.1, -0.05) is 61.9 Å². The van der Waals surface area contributed by atoms with Crippen molar-refractivity contribution in [3.05, 3.63) is 102 Å². The number of carbonyl (C=O) groups excluding carboxylic acids is 1. The van der Waals surface area contributed by atoms with Crippen LogP contribution in [0.5, 0.6) is 5.75 Å². The third-order valence-corrected chi connectivity index (χ3v) is 5.55. The molecule has 0 bridgehead atoms. The van der Waals surface area contributed by atoms with Crippen molar-refractivity contribution in [3.63, 3.8) is 0 Å². The lowest BCUT2D eigenvalue weighted by molar-refractivity contribution is 0.0698. The summed E-state index contributed by atoms with van der Waals surface area (Å²) >= 11 is 0. The summed E-state index contributed by atoms with van der Waals surface area (Å²) in [5.74, 6) is -1.14. The van der Waals surface area contributed by atoms with Gasteiger partial charge in [0.2, 0.25) is 0 Å². The van der Waals surface area contributed by atoms with Gasteiger partial charge in [-0.2, -0.15) is 0 Å². The van der Waals surface area contributed by atoms with E-state index in [0.717, 1.165) is 35.2 Å². The van der Waals surface area contributed by atoms with Crippen LogP contribution in [0, 0.1) is 0 Å². The molecular formula is C29H26N2O4. The van der Waals surface area contributed by atoms with Gasteiger partial charge >= 0.3 is 5.97 Å². The molecule has 35 heavy (non-hydrogen) atoms. The van der Waals surface area contributed by atoms with Crippen LogP contribution in [-0.4, -0.2) is 28.6 Å². The number of unbranched alkanes of at least 4 members (excludes halogenated alkanes) is 1. The second-order valence-corrected chi connectivity index (χ2v) is 8.01. The van der Waals surface area contributed by atoms with Crippen LogP contribution in [0.1, 0.15) is 40.5 Å². The van der Waals surface area contributed by atoms with Crippen molar-refractivity contribution >= 4 is 17.6 Å². The van der Waals surface area contributed by atoms with Crippen molar-refractivity contribution in [1.82, 2.24) is 4.98 Å². The maximum atomic E-state index is 13.3. The van der Waals surface area contributed by atoms with Gasteiger partial charge in [0, 0.05) is 11.8 Å². The Bertz CT molecular complexity index is 1320. The molecule has 1 heterocycles. The van der Waals surface area contributed by atoms with Crippen molar-refractivity contribution in [3.8, 4) is 28.1 Å². The average molecular weight is 467 g/mol. The molecule has 0 radical (unpaired) electrons. The lowest BCUT2D eigenvalue weighted by Gasteiger charge is -2.15. The second-order valence-electron chi connectivity index (χ2n) is 8.01. The molecule has 176 valence electrons. The molecule has 4 aromatic rings. The van der Waals surface area contributed by atoms with Crippen molar-refractivity contribution in [2.75, 3.05) is 11.9 Å². The molecule has 0 atom stereocenters. The number of carbonyl (C=O) groups is 2. The number of anilines is 1. The molecule has 0 saturated heterocycles. The number of amides is 1. The summed E-state index contributed by atoms with van der Waals surface area (Å²) in [6, 6.07) is 25.4. The zero-order valence-corrected chi connectivity index (χ0v) is 19.4. The highest BCUT2D eigenvalue weighted by atomic mass is 16.5. The summed E-state index contributed by atoms with van der Waals surface area (Å²) < 4.78 is 5.96. The minimum atomic E-state index is -1.12. The van der Waals surface area contributed by atoms with Crippen LogP contribution in [0.2, 0.25) is 0 Å². The Labute approximate surface area is 204 Å². The van der Waals surface area contributed by atoms with Crippen LogP contribution in [-0.2, 0) is 0 Å². The summed E-state index contributed by atoms with van der Waals surface area (Å²) in [6.07, 6.45) is 3.51. The molecule has 6 nitrogen and oxygen atoms in total. The van der Waals surface area contributed by atoms with Gasteiger partial charge in [0.15, 0.2) is 0 Å². The molecule has 6 heteroatoms. The SMILES string of the molecule is CCCCOc1cc(-c2ccccn2)ccc1C(=O)Nc1cc(-c2ccccc2)ccc1C(=O)O. The molecule has 0 fully saturated rings. The van der Waals surface area contributed by atoms with Crippen molar-refractivity contribution in [2.24, 2.45) is 0 Å². The Balaban J connectivity index is 1.68. The minimum Gasteiger partial charge on any atom is -0.493 e. The summed E-state index contributed by atoms with van der Waals surface area (Å²) in [5.41, 5.74) is 3.87. The predicted molar refractivity (Wildman–Crippen MR) is 137 cm³/mol. The predicted octanol–water partition coefficient (Wildman–Crippen LogP) is 6.55. The van der Waals surface area contributed by atoms with E-state index in [1.165, 1.54) is 6.07 Å². The fourth-order valence-corrected chi connectivity index (χ4v) is 3.68. The van der Waals surface area contributed by atoms with Crippen molar-refractivity contribution in [1.29, 1.82) is 0 Å². The van der Waals surface area contributed by atoms with Gasteiger partial charge < -0.3 is 15.2 Å². The number of benzene rings is 3. The first-order chi connectivity index (χ1) is 17.1. The third kappa shape index (κ3) is 5.73. The molecule has 3 aromatic carbocycles. The van der Waals surface area contributed by atoms with Gasteiger partial charge in [0.1, 0.15) is 5.75 Å². The van der Waals surface area contributed by atoms with E-state index in [9.17, 15) is 14.7 Å². The zero-order valence-electron chi connectivity index (χ0n) is 19.4. The number of nitrogens with zero attached hydrogens (tertiary/aromatic N) is 1. The lowest BCUT2D eigenvalue weighted by atomic mass is 10.0. The fourth-order valence-electron chi connectivity index (χ4n) is 3.68. The van der Waals surface area contributed by atoms with Crippen LogP contribution in [0.25, 0.3) is 22.4 Å². The number of nitrogens with one attached hydrogen (secondary N) is 1. The maximum Gasteiger partial charge on any atom is 0.337 e. The first-order valence-corrected chi connectivity index (χ1v) is 11.5. The van der Waals surface area contributed by atoms with Gasteiger partial charge in [-0.05, 0) is 53.9 Å². The van der Waals surface area contributed by atoms with Crippen molar-refractivity contribution < 1.29 is 19.4 Å². The molecule has 0 aliphatic rings. The molecular weight excluding hydrogens is 440 g/mol. The van der Waals surface area contributed by atoms with E-state index in [2.05, 4.69) is 17.2 Å². The zero-order chi connectivity index (χ0) is 24.6. The average Bonchev–Trinajstić information content (AvgIpc) is 2.89. The number of aromatic nitrogens is 1. The molecule has 0 unspecified atom stereocenters. The van der Waals surface area contributed by atoms with E-state index in [1.807, 2.05) is 54.6 Å². The lowest BCUT2D eigenvalue weighted by Crippen LogP contribution is -2.16. The molecule has 0 aliphatic carbocycles. The summed E-state index contributed by atoms with van der Waals surface area (Å²) in [7, 11) is 0. The number of pyridine rings is 1. The first-order valence-electron chi connectivity index (χ1n) is 11.5. The number of hydrogen-bond donors (Lipinski definition) is 2. The molecule has 0 spiro atoms. The van der Waals surface area contributed by atoms with E-state index in [4.69, 9.17) is 4.74 Å². The van der Waals surface area contributed by atoms with Crippen LogP contribution in [0.4, 0.5) is 5.69 Å². The normalized spacial score (nSPS) is 10.5. The Hall–Kier alpha value is -4.45. The number of rotatable bonds is 9. The van der Waals surface area contributed by atoms with Crippen LogP contribution >= 0.6 is 0 Å². The second kappa shape index (κ2) is 11.1. The van der Waals surface area contributed by atoms with Crippen LogP contribution in [0.3, 0.4) is 0 Å². The number of aromatic carboxylic acids is 1. The number of carboxylic acid groups (broad SMARTS) is 1. The topological polar surface area (TPSA) is 88.5 Å². The smallest absolute Gasteiger partial charge is 0.337 e. The van der Waals surface area contributed by atoms with E-state index < -0.39 is 11.9 Å². The maximum absolute atomic E-state index is 13.3. The third-order valence-electron chi connectivity index (χ3n) is 5.55. The van der Waals surface area contributed by atoms with Crippen molar-refractivity contribution in [2.45, 2.75) is 19.8 Å². The largest absolute Gasteiger partial charge is 0.493 e. The Kier molecular flexibility index (Phi) is 7.53. The molecule has 0 saturated carbocycles. The Morgan fingerprint density at radius 1 is 0.857 bits per heavy atom. The monoisotopic (exact) mass is 466 g/mol. The first kappa shape index (κ1) is 23.7. The van der Waals surface area contributed by atoms with E-state index in [1.54, 1.807) is 30.5 Å². The fraction of sp³-hybridized carbons (Fsp3) is 0.138. The van der Waals surface area contributed by atoms with Gasteiger partial charge in [-0.25, -0.2) is 4.79 Å². The van der Waals surface area contributed by atoms with Crippen LogP contribution < -0.4 is 10.1 Å².